The quantitative estimate of drug-likeness (QED) is 0.122. The van der Waals surface area contributed by atoms with Gasteiger partial charge in [0.25, 0.3) is 11.5 Å². The number of aliphatic hydroxyl groups is 1. The number of carbonyl (C=O) groups excluding carboxylic acids is 1. The van der Waals surface area contributed by atoms with Crippen LogP contribution in [0.2, 0.25) is 0 Å². The molecule has 2 aliphatic heterocycles. The molecule has 0 radical (unpaired) electrons. The second-order valence-electron chi connectivity index (χ2n) is 10.9. The highest BCUT2D eigenvalue weighted by Crippen LogP contribution is 2.27. The number of ether oxygens (including phenoxy) is 1. The van der Waals surface area contributed by atoms with E-state index < -0.39 is 35.6 Å². The summed E-state index contributed by atoms with van der Waals surface area (Å²) in [4.78, 5) is 58.7. The van der Waals surface area contributed by atoms with Crippen LogP contribution in [0.5, 0.6) is 0 Å². The zero-order chi connectivity index (χ0) is 30.4. The lowest BCUT2D eigenvalue weighted by Gasteiger charge is -2.16. The largest absolute Gasteiger partial charge is 0.390 e. The van der Waals surface area contributed by atoms with Crippen molar-refractivity contribution in [1.82, 2.24) is 35.0 Å². The summed E-state index contributed by atoms with van der Waals surface area (Å²) >= 11 is 0. The van der Waals surface area contributed by atoms with Crippen LogP contribution in [0.15, 0.2) is 64.3 Å². The predicted molar refractivity (Wildman–Crippen MR) is 160 cm³/mol. The van der Waals surface area contributed by atoms with E-state index in [0.29, 0.717) is 22.2 Å². The highest BCUT2D eigenvalue weighted by atomic mass is 16.7. The van der Waals surface area contributed by atoms with Crippen LogP contribution in [-0.2, 0) is 14.4 Å². The molecule has 7 heterocycles. The molecule has 7 rings (SSSR count). The van der Waals surface area contributed by atoms with Gasteiger partial charge in [-0.25, -0.2) is 10.3 Å². The van der Waals surface area contributed by atoms with E-state index in [1.165, 1.54) is 10.8 Å². The molecular weight excluding hydrogens is 566 g/mol. The molecule has 0 aliphatic carbocycles. The van der Waals surface area contributed by atoms with E-state index in [1.807, 2.05) is 66.8 Å². The average Bonchev–Trinajstić information content (AvgIpc) is 3.82. The van der Waals surface area contributed by atoms with Crippen LogP contribution in [-0.4, -0.2) is 59.3 Å². The van der Waals surface area contributed by atoms with Gasteiger partial charge in [-0.2, -0.15) is 0 Å². The summed E-state index contributed by atoms with van der Waals surface area (Å²) in [7, 11) is 0. The van der Waals surface area contributed by atoms with Crippen molar-refractivity contribution < 1.29 is 19.5 Å². The molecule has 8 bridgehead atoms. The minimum atomic E-state index is -0.964. The Labute approximate surface area is 247 Å². The normalized spacial score (nSPS) is 19.2. The monoisotopic (exact) mass is 595 g/mol. The number of aromatic amines is 5. The van der Waals surface area contributed by atoms with Gasteiger partial charge in [-0.3, -0.25) is 24.0 Å². The Morgan fingerprint density at radius 1 is 0.909 bits per heavy atom. The molecule has 5 aromatic rings. The van der Waals surface area contributed by atoms with E-state index >= 15 is 0 Å². The van der Waals surface area contributed by atoms with Gasteiger partial charge in [0, 0.05) is 51.3 Å². The number of hydroxylamine groups is 1. The molecule has 7 N–H and O–H groups in total. The fourth-order valence-electron chi connectivity index (χ4n) is 5.45. The molecule has 13 nitrogen and oxygen atoms in total. The number of fused-ring (bicyclic) bond motifs is 8. The topological polar surface area (TPSA) is 186 Å². The number of aromatic nitrogens is 6. The molecule has 224 valence electrons. The summed E-state index contributed by atoms with van der Waals surface area (Å²) < 4.78 is 7.07. The van der Waals surface area contributed by atoms with Gasteiger partial charge in [0.15, 0.2) is 0 Å². The maximum Gasteiger partial charge on any atom is 0.330 e. The third-order valence-corrected chi connectivity index (χ3v) is 7.65. The first-order valence-corrected chi connectivity index (χ1v) is 14.0. The fourth-order valence-corrected chi connectivity index (χ4v) is 5.45. The third kappa shape index (κ3) is 5.42. The number of hydrogen-bond acceptors (Lipinski definition) is 6. The molecule has 0 saturated carbocycles. The molecule has 44 heavy (non-hydrogen) atoms. The molecule has 0 spiro atoms. The number of nitrogens with zero attached hydrogens (tertiary/aromatic N) is 1. The molecule has 1 amide bonds. The van der Waals surface area contributed by atoms with Gasteiger partial charge >= 0.3 is 5.69 Å². The fraction of sp³-hybridized carbons (Fsp3) is 0.194. The first kappa shape index (κ1) is 27.5. The standard InChI is InChI=1S/C31H29N7O6/c1-16-14-38(31(42)36-29(16)40)27-13-25(39)26(44-27)15-43-37-30(41)28-23-8-6-21(34-23)11-19-4-2-17(32-19)10-18-3-5-20(33-18)12-22-7-9-24(28)35-22/h2-12,14,25-27,32-35,39H,13,15H2,1H3,(H,37,41)(H,36,40,42)/t25-,26+,27+/m0/s1. The van der Waals surface area contributed by atoms with Crippen molar-refractivity contribution in [2.24, 2.45) is 0 Å². The molecule has 1 saturated heterocycles. The molecule has 13 heteroatoms. The molecule has 1 fully saturated rings. The van der Waals surface area contributed by atoms with Crippen LogP contribution in [0.3, 0.4) is 0 Å². The highest BCUT2D eigenvalue weighted by molar-refractivity contribution is 6.18. The van der Waals surface area contributed by atoms with E-state index in [1.54, 1.807) is 6.92 Å². The number of nitrogens with one attached hydrogen (secondary N) is 6. The van der Waals surface area contributed by atoms with Gasteiger partial charge in [0.1, 0.15) is 18.9 Å². The molecular formula is C31H29N7O6. The van der Waals surface area contributed by atoms with Crippen molar-refractivity contribution in [3.8, 4) is 0 Å². The first-order valence-electron chi connectivity index (χ1n) is 14.0. The van der Waals surface area contributed by atoms with Gasteiger partial charge in [-0.15, -0.1) is 0 Å². The lowest BCUT2D eigenvalue weighted by molar-refractivity contribution is -0.134. The van der Waals surface area contributed by atoms with Gasteiger partial charge in [-0.05, 0) is 73.7 Å². The highest BCUT2D eigenvalue weighted by Gasteiger charge is 2.36. The number of H-pyrrole nitrogens is 5. The molecule has 0 unspecified atom stereocenters. The van der Waals surface area contributed by atoms with Crippen LogP contribution in [0, 0.1) is 6.92 Å². The Kier molecular flexibility index (Phi) is 6.89. The van der Waals surface area contributed by atoms with Gasteiger partial charge in [0.05, 0.1) is 22.7 Å². The lowest BCUT2D eigenvalue weighted by Crippen LogP contribution is -2.35. The van der Waals surface area contributed by atoms with Crippen molar-refractivity contribution in [2.45, 2.75) is 31.8 Å². The van der Waals surface area contributed by atoms with E-state index in [0.717, 1.165) is 33.1 Å². The van der Waals surface area contributed by atoms with Crippen LogP contribution in [0.25, 0.3) is 23.8 Å². The molecule has 0 aromatic carbocycles. The van der Waals surface area contributed by atoms with Crippen molar-refractivity contribution in [3.63, 3.8) is 0 Å². The summed E-state index contributed by atoms with van der Waals surface area (Å²) in [6.07, 6.45) is 4.82. The van der Waals surface area contributed by atoms with Crippen molar-refractivity contribution in [1.29, 1.82) is 0 Å². The van der Waals surface area contributed by atoms with Crippen molar-refractivity contribution in [3.05, 3.63) is 125 Å². The number of amides is 1. The van der Waals surface area contributed by atoms with E-state index in [9.17, 15) is 19.5 Å². The van der Waals surface area contributed by atoms with E-state index in [4.69, 9.17) is 9.57 Å². The smallest absolute Gasteiger partial charge is 0.330 e. The Hall–Kier alpha value is -5.37. The Bertz CT molecular complexity index is 2250. The predicted octanol–water partition coefficient (Wildman–Crippen LogP) is -1.45. The summed E-state index contributed by atoms with van der Waals surface area (Å²) in [6.45, 7) is 1.39. The Morgan fingerprint density at radius 3 is 2.32 bits per heavy atom. The number of aryl methyl sites for hydroxylation is 1. The minimum absolute atomic E-state index is 0.108. The molecule has 3 atom stereocenters. The second-order valence-corrected chi connectivity index (χ2v) is 10.9. The van der Waals surface area contributed by atoms with Crippen LogP contribution < -0.4 is 38.1 Å². The minimum Gasteiger partial charge on any atom is -0.390 e. The molecule has 2 aliphatic rings. The second kappa shape index (κ2) is 11.0. The summed E-state index contributed by atoms with van der Waals surface area (Å²) in [5.74, 6) is -0.525. The third-order valence-electron chi connectivity index (χ3n) is 7.65. The van der Waals surface area contributed by atoms with Gasteiger partial charge < -0.3 is 29.8 Å². The zero-order valence-corrected chi connectivity index (χ0v) is 23.5. The van der Waals surface area contributed by atoms with E-state index in [2.05, 4.69) is 30.4 Å². The Balaban J connectivity index is 1.15. The maximum atomic E-state index is 13.6. The SMILES string of the molecule is Cc1cn([C@H]2C[C@H](O)[C@@H](CONC(=O)C3=c4ccc([nH]4)=Cc4ccc([nH]4)C=c4ccc([nH]4)=Cc4ccc3[nH]4)O2)c(=O)[nH]c1=O. The summed E-state index contributed by atoms with van der Waals surface area (Å²) in [5.41, 5.74) is 5.18. The number of rotatable bonds is 5. The first-order chi connectivity index (χ1) is 21.3. The van der Waals surface area contributed by atoms with Gasteiger partial charge in [-0.1, -0.05) is 0 Å². The maximum absolute atomic E-state index is 13.6. The zero-order valence-electron chi connectivity index (χ0n) is 23.5. The number of aliphatic hydroxyl groups excluding tert-OH is 1. The number of hydrogen-bond donors (Lipinski definition) is 7. The summed E-state index contributed by atoms with van der Waals surface area (Å²) in [6, 6.07) is 15.3. The van der Waals surface area contributed by atoms with Crippen LogP contribution in [0.4, 0.5) is 0 Å². The molecule has 5 aromatic heterocycles. The summed E-state index contributed by atoms with van der Waals surface area (Å²) in [5, 5.41) is 13.7. The van der Waals surface area contributed by atoms with E-state index in [-0.39, 0.29) is 13.0 Å². The lowest BCUT2D eigenvalue weighted by atomic mass is 10.1. The van der Waals surface area contributed by atoms with Crippen LogP contribution >= 0.6 is 0 Å². The van der Waals surface area contributed by atoms with Crippen molar-refractivity contribution >= 4 is 29.7 Å². The van der Waals surface area contributed by atoms with Crippen molar-refractivity contribution in [2.75, 3.05) is 6.61 Å². The van der Waals surface area contributed by atoms with Crippen LogP contribution in [0.1, 0.15) is 41.0 Å². The Morgan fingerprint density at radius 2 is 1.57 bits per heavy atom. The number of carbonyl (C=O) groups is 1. The van der Waals surface area contributed by atoms with Gasteiger partial charge in [0.2, 0.25) is 0 Å². The average molecular weight is 596 g/mol.